The van der Waals surface area contributed by atoms with Gasteiger partial charge < -0.3 is 9.47 Å². The average molecular weight is 330 g/mol. The van der Waals surface area contributed by atoms with Crippen LogP contribution in [-0.2, 0) is 11.9 Å². The van der Waals surface area contributed by atoms with Gasteiger partial charge in [0.05, 0.1) is 26.0 Å². The molecule has 0 spiro atoms. The van der Waals surface area contributed by atoms with Gasteiger partial charge in [-0.2, -0.15) is 13.2 Å². The minimum absolute atomic E-state index is 0.264. The molecule has 0 fully saturated rings. The number of halogens is 3. The molecule has 0 N–H and O–H groups in total. The van der Waals surface area contributed by atoms with E-state index in [2.05, 4.69) is 9.97 Å². The van der Waals surface area contributed by atoms with Crippen molar-refractivity contribution in [2.75, 3.05) is 14.2 Å². The van der Waals surface area contributed by atoms with E-state index in [9.17, 15) is 13.2 Å². The van der Waals surface area contributed by atoms with Crippen LogP contribution < -0.4 is 9.47 Å². The van der Waals surface area contributed by atoms with Gasteiger partial charge >= 0.3 is 6.18 Å². The van der Waals surface area contributed by atoms with E-state index >= 15 is 0 Å². The first-order valence-electron chi connectivity index (χ1n) is 6.18. The third-order valence-corrected chi connectivity index (χ3v) is 3.71. The van der Waals surface area contributed by atoms with E-state index < -0.39 is 11.7 Å². The lowest BCUT2D eigenvalue weighted by Gasteiger charge is -2.08. The molecule has 0 atom stereocenters. The Morgan fingerprint density at radius 1 is 1.05 bits per heavy atom. The molecule has 22 heavy (non-hydrogen) atoms. The average Bonchev–Trinajstić information content (AvgIpc) is 2.52. The third-order valence-electron chi connectivity index (χ3n) is 2.74. The molecule has 8 heteroatoms. The Morgan fingerprint density at radius 3 is 2.23 bits per heavy atom. The second-order valence-electron chi connectivity index (χ2n) is 4.21. The highest BCUT2D eigenvalue weighted by atomic mass is 32.2. The molecule has 4 nitrogen and oxygen atoms in total. The van der Waals surface area contributed by atoms with Gasteiger partial charge in [0.15, 0.2) is 0 Å². The second kappa shape index (κ2) is 6.87. The summed E-state index contributed by atoms with van der Waals surface area (Å²) in [6.45, 7) is 0. The van der Waals surface area contributed by atoms with Crippen molar-refractivity contribution in [3.63, 3.8) is 0 Å². The Kier molecular flexibility index (Phi) is 5.12. The molecule has 0 aliphatic carbocycles. The van der Waals surface area contributed by atoms with Crippen LogP contribution in [0.1, 0.15) is 11.1 Å². The van der Waals surface area contributed by atoms with Gasteiger partial charge in [0, 0.05) is 5.75 Å². The van der Waals surface area contributed by atoms with Crippen molar-refractivity contribution in [2.45, 2.75) is 17.0 Å². The standard InChI is InChI=1S/C14H13F3N2O2S/c1-20-12-13(21-2)19-11(7-18-12)22-8-9-3-5-10(6-4-9)14(15,16)17/h3-7H,8H2,1-2H3. The monoisotopic (exact) mass is 330 g/mol. The lowest BCUT2D eigenvalue weighted by Crippen LogP contribution is -2.04. The first kappa shape index (κ1) is 16.4. The van der Waals surface area contributed by atoms with E-state index in [0.29, 0.717) is 10.8 Å². The van der Waals surface area contributed by atoms with Crippen LogP contribution in [0.15, 0.2) is 35.5 Å². The van der Waals surface area contributed by atoms with Crippen molar-refractivity contribution in [3.8, 4) is 11.8 Å². The normalized spacial score (nSPS) is 11.3. The van der Waals surface area contributed by atoms with Crippen molar-refractivity contribution >= 4 is 11.8 Å². The van der Waals surface area contributed by atoms with Gasteiger partial charge in [0.2, 0.25) is 0 Å². The molecule has 0 unspecified atom stereocenters. The summed E-state index contributed by atoms with van der Waals surface area (Å²) < 4.78 is 47.5. The number of aromatic nitrogens is 2. The van der Waals surface area contributed by atoms with Crippen LogP contribution in [0.3, 0.4) is 0 Å². The zero-order valence-electron chi connectivity index (χ0n) is 11.8. The van der Waals surface area contributed by atoms with Gasteiger partial charge in [-0.3, -0.25) is 0 Å². The van der Waals surface area contributed by atoms with Crippen LogP contribution >= 0.6 is 11.8 Å². The van der Waals surface area contributed by atoms with Crippen molar-refractivity contribution in [1.29, 1.82) is 0 Å². The summed E-state index contributed by atoms with van der Waals surface area (Å²) in [6.07, 6.45) is -2.80. The van der Waals surface area contributed by atoms with Crippen molar-refractivity contribution < 1.29 is 22.6 Å². The highest BCUT2D eigenvalue weighted by molar-refractivity contribution is 7.98. The molecular weight excluding hydrogens is 317 g/mol. The fourth-order valence-corrected chi connectivity index (χ4v) is 2.42. The number of alkyl halides is 3. The lowest BCUT2D eigenvalue weighted by molar-refractivity contribution is -0.137. The van der Waals surface area contributed by atoms with Crippen molar-refractivity contribution in [3.05, 3.63) is 41.6 Å². The van der Waals surface area contributed by atoms with E-state index in [1.54, 1.807) is 0 Å². The number of benzene rings is 1. The number of thioether (sulfide) groups is 1. The fourth-order valence-electron chi connectivity index (χ4n) is 1.64. The number of nitrogens with zero attached hydrogens (tertiary/aromatic N) is 2. The molecular formula is C14H13F3N2O2S. The Balaban J connectivity index is 2.04. The predicted octanol–water partition coefficient (Wildman–Crippen LogP) is 3.80. The summed E-state index contributed by atoms with van der Waals surface area (Å²) in [5.74, 6) is 1.02. The van der Waals surface area contributed by atoms with E-state index in [4.69, 9.17) is 9.47 Å². The minimum atomic E-state index is -4.32. The summed E-state index contributed by atoms with van der Waals surface area (Å²) in [7, 11) is 2.92. The van der Waals surface area contributed by atoms with Crippen LogP contribution in [0.25, 0.3) is 0 Å². The van der Waals surface area contributed by atoms with Crippen molar-refractivity contribution in [2.24, 2.45) is 0 Å². The maximum atomic E-state index is 12.5. The summed E-state index contributed by atoms with van der Waals surface area (Å²) >= 11 is 1.35. The highest BCUT2D eigenvalue weighted by Gasteiger charge is 2.29. The predicted molar refractivity (Wildman–Crippen MR) is 76.1 cm³/mol. The molecule has 2 aromatic rings. The van der Waals surface area contributed by atoms with Gasteiger partial charge in [-0.1, -0.05) is 23.9 Å². The number of ether oxygens (including phenoxy) is 2. The molecule has 0 saturated carbocycles. The Bertz CT molecular complexity index is 633. The Labute approximate surface area is 129 Å². The molecule has 1 heterocycles. The summed E-state index contributed by atoms with van der Waals surface area (Å²) in [4.78, 5) is 8.25. The van der Waals surface area contributed by atoms with Crippen LogP contribution in [0.5, 0.6) is 11.8 Å². The summed E-state index contributed by atoms with van der Waals surface area (Å²) in [5.41, 5.74) is 0.0988. The van der Waals surface area contributed by atoms with Crippen LogP contribution in [0.4, 0.5) is 13.2 Å². The molecule has 0 radical (unpaired) electrons. The zero-order valence-corrected chi connectivity index (χ0v) is 12.7. The van der Waals surface area contributed by atoms with Gasteiger partial charge in [-0.15, -0.1) is 0 Å². The molecule has 0 aliphatic heterocycles. The van der Waals surface area contributed by atoms with E-state index in [0.717, 1.165) is 17.7 Å². The molecule has 1 aromatic carbocycles. The smallest absolute Gasteiger partial charge is 0.416 e. The lowest BCUT2D eigenvalue weighted by atomic mass is 10.1. The molecule has 118 valence electrons. The largest absolute Gasteiger partial charge is 0.477 e. The molecule has 0 saturated heterocycles. The molecule has 0 aliphatic rings. The van der Waals surface area contributed by atoms with E-state index in [-0.39, 0.29) is 11.8 Å². The minimum Gasteiger partial charge on any atom is -0.477 e. The van der Waals surface area contributed by atoms with Gasteiger partial charge in [0.25, 0.3) is 11.8 Å². The Hall–Kier alpha value is -1.96. The highest BCUT2D eigenvalue weighted by Crippen LogP contribution is 2.31. The topological polar surface area (TPSA) is 44.2 Å². The maximum Gasteiger partial charge on any atom is 0.416 e. The van der Waals surface area contributed by atoms with Crippen LogP contribution in [0, 0.1) is 0 Å². The van der Waals surface area contributed by atoms with Gasteiger partial charge in [-0.25, -0.2) is 9.97 Å². The first-order chi connectivity index (χ1) is 10.4. The van der Waals surface area contributed by atoms with Gasteiger partial charge in [-0.05, 0) is 17.7 Å². The Morgan fingerprint density at radius 2 is 1.68 bits per heavy atom. The molecule has 0 amide bonds. The number of methoxy groups -OCH3 is 2. The quantitative estimate of drug-likeness (QED) is 0.780. The zero-order chi connectivity index (χ0) is 16.2. The first-order valence-corrected chi connectivity index (χ1v) is 7.16. The number of rotatable bonds is 5. The van der Waals surface area contributed by atoms with Crippen molar-refractivity contribution in [1.82, 2.24) is 9.97 Å². The van der Waals surface area contributed by atoms with E-state index in [1.807, 2.05) is 0 Å². The molecule has 0 bridgehead atoms. The summed E-state index contributed by atoms with van der Waals surface area (Å²) in [5, 5.41) is 0.595. The molecule has 2 rings (SSSR count). The summed E-state index contributed by atoms with van der Waals surface area (Å²) in [6, 6.07) is 5.03. The SMILES string of the molecule is COc1ncc(SCc2ccc(C(F)(F)F)cc2)nc1OC. The maximum absolute atomic E-state index is 12.5. The number of hydrogen-bond donors (Lipinski definition) is 0. The van der Waals surface area contributed by atoms with Crippen LogP contribution in [-0.4, -0.2) is 24.2 Å². The third kappa shape index (κ3) is 4.03. The molecule has 1 aromatic heterocycles. The van der Waals surface area contributed by atoms with Gasteiger partial charge in [0.1, 0.15) is 5.03 Å². The number of hydrogen-bond acceptors (Lipinski definition) is 5. The van der Waals surface area contributed by atoms with E-state index in [1.165, 1.54) is 44.3 Å². The van der Waals surface area contributed by atoms with Crippen LogP contribution in [0.2, 0.25) is 0 Å². The fraction of sp³-hybridized carbons (Fsp3) is 0.286. The second-order valence-corrected chi connectivity index (χ2v) is 5.21.